The second-order valence-electron chi connectivity index (χ2n) is 4.03. The second-order valence-corrected chi connectivity index (χ2v) is 4.44. The van der Waals surface area contributed by atoms with E-state index in [4.69, 9.17) is 16.3 Å². The topological polar surface area (TPSA) is 21.3 Å². The van der Waals surface area contributed by atoms with Crippen molar-refractivity contribution < 1.29 is 9.13 Å². The van der Waals surface area contributed by atoms with Crippen LogP contribution in [-0.4, -0.2) is 19.3 Å². The Bertz CT molecular complexity index is 353. The molecule has 1 heterocycles. The highest BCUT2D eigenvalue weighted by Gasteiger charge is 2.13. The summed E-state index contributed by atoms with van der Waals surface area (Å²) in [4.78, 5) is 0. The highest BCUT2D eigenvalue weighted by molar-refractivity contribution is 6.31. The summed E-state index contributed by atoms with van der Waals surface area (Å²) in [5.41, 5.74) is 0.925. The molecule has 0 bridgehead atoms. The summed E-state index contributed by atoms with van der Waals surface area (Å²) in [7, 11) is 0. The van der Waals surface area contributed by atoms with Gasteiger partial charge in [0.2, 0.25) is 0 Å². The van der Waals surface area contributed by atoms with Crippen LogP contribution in [0.5, 0.6) is 0 Å². The minimum absolute atomic E-state index is 0.297. The van der Waals surface area contributed by atoms with Crippen LogP contribution in [-0.2, 0) is 11.3 Å². The highest BCUT2D eigenvalue weighted by Crippen LogP contribution is 2.17. The Morgan fingerprint density at radius 1 is 1.50 bits per heavy atom. The first kappa shape index (κ1) is 11.8. The lowest BCUT2D eigenvalue weighted by atomic mass is 10.1. The molecule has 0 aromatic heterocycles. The van der Waals surface area contributed by atoms with Crippen molar-refractivity contribution in [2.45, 2.75) is 25.4 Å². The van der Waals surface area contributed by atoms with Gasteiger partial charge in [0.1, 0.15) is 5.82 Å². The van der Waals surface area contributed by atoms with Crippen molar-refractivity contribution in [3.63, 3.8) is 0 Å². The molecule has 1 saturated heterocycles. The Balaban J connectivity index is 1.88. The van der Waals surface area contributed by atoms with E-state index >= 15 is 0 Å². The van der Waals surface area contributed by atoms with Crippen molar-refractivity contribution in [3.8, 4) is 0 Å². The molecule has 1 N–H and O–H groups in total. The highest BCUT2D eigenvalue weighted by atomic mass is 35.5. The number of benzene rings is 1. The Hall–Kier alpha value is -0.640. The summed E-state index contributed by atoms with van der Waals surface area (Å²) >= 11 is 5.94. The van der Waals surface area contributed by atoms with Crippen molar-refractivity contribution in [1.82, 2.24) is 5.32 Å². The van der Waals surface area contributed by atoms with Crippen LogP contribution in [0.4, 0.5) is 4.39 Å². The van der Waals surface area contributed by atoms with Crippen molar-refractivity contribution in [2.75, 3.05) is 13.2 Å². The standard InChI is InChI=1S/C12H15ClFNO/c13-12-6-10(14)4-3-9(12)7-15-11-2-1-5-16-8-11/h3-4,6,11,15H,1-2,5,7-8H2. The third-order valence-electron chi connectivity index (χ3n) is 2.76. The van der Waals surface area contributed by atoms with Crippen LogP contribution >= 0.6 is 11.6 Å². The number of nitrogens with one attached hydrogen (secondary N) is 1. The lowest BCUT2D eigenvalue weighted by Gasteiger charge is -2.23. The first-order valence-corrected chi connectivity index (χ1v) is 5.88. The summed E-state index contributed by atoms with van der Waals surface area (Å²) in [6, 6.07) is 4.87. The predicted molar refractivity (Wildman–Crippen MR) is 62.1 cm³/mol. The molecule has 1 fully saturated rings. The SMILES string of the molecule is Fc1ccc(CNC2CCCOC2)c(Cl)c1. The molecule has 0 amide bonds. The molecule has 0 aliphatic carbocycles. The summed E-state index contributed by atoms with van der Waals surface area (Å²) < 4.78 is 18.2. The van der Waals surface area contributed by atoms with Gasteiger partial charge in [0.05, 0.1) is 6.61 Å². The third kappa shape index (κ3) is 3.17. The molecule has 0 radical (unpaired) electrons. The Labute approximate surface area is 99.7 Å². The molecule has 2 rings (SSSR count). The number of halogens is 2. The van der Waals surface area contributed by atoms with Crippen LogP contribution in [0, 0.1) is 5.82 Å². The lowest BCUT2D eigenvalue weighted by molar-refractivity contribution is 0.0699. The summed E-state index contributed by atoms with van der Waals surface area (Å²) in [6.45, 7) is 2.27. The minimum Gasteiger partial charge on any atom is -0.380 e. The Morgan fingerprint density at radius 2 is 2.38 bits per heavy atom. The summed E-state index contributed by atoms with van der Waals surface area (Å²) in [5.74, 6) is -0.297. The molecule has 1 aromatic rings. The van der Waals surface area contributed by atoms with Gasteiger partial charge in [0.15, 0.2) is 0 Å². The first-order chi connectivity index (χ1) is 7.75. The smallest absolute Gasteiger partial charge is 0.124 e. The van der Waals surface area contributed by atoms with Gasteiger partial charge in [0.25, 0.3) is 0 Å². The maximum absolute atomic E-state index is 12.8. The van der Waals surface area contributed by atoms with Gasteiger partial charge < -0.3 is 10.1 Å². The van der Waals surface area contributed by atoms with E-state index in [2.05, 4.69) is 5.32 Å². The molecular weight excluding hydrogens is 229 g/mol. The lowest BCUT2D eigenvalue weighted by Crippen LogP contribution is -2.36. The van der Waals surface area contributed by atoms with Crippen LogP contribution in [0.3, 0.4) is 0 Å². The fourth-order valence-electron chi connectivity index (χ4n) is 1.82. The molecule has 2 nitrogen and oxygen atoms in total. The van der Waals surface area contributed by atoms with Crippen molar-refractivity contribution >= 4 is 11.6 Å². The van der Waals surface area contributed by atoms with Crippen LogP contribution in [0.2, 0.25) is 5.02 Å². The number of rotatable bonds is 3. The zero-order valence-corrected chi connectivity index (χ0v) is 9.77. The maximum atomic E-state index is 12.8. The van der Waals surface area contributed by atoms with Gasteiger partial charge in [-0.25, -0.2) is 4.39 Å². The Kier molecular flexibility index (Phi) is 4.16. The van der Waals surface area contributed by atoms with Crippen molar-refractivity contribution in [1.29, 1.82) is 0 Å². The largest absolute Gasteiger partial charge is 0.380 e. The van der Waals surface area contributed by atoms with Crippen LogP contribution in [0.1, 0.15) is 18.4 Å². The normalized spacial score (nSPS) is 21.0. The maximum Gasteiger partial charge on any atom is 0.124 e. The van der Waals surface area contributed by atoms with Crippen LogP contribution in [0.25, 0.3) is 0 Å². The first-order valence-electron chi connectivity index (χ1n) is 5.51. The summed E-state index contributed by atoms with van der Waals surface area (Å²) in [5, 5.41) is 3.84. The number of hydrogen-bond acceptors (Lipinski definition) is 2. The third-order valence-corrected chi connectivity index (χ3v) is 3.11. The molecule has 0 spiro atoms. The molecular formula is C12H15ClFNO. The van der Waals surface area contributed by atoms with E-state index < -0.39 is 0 Å². The van der Waals surface area contributed by atoms with E-state index in [0.717, 1.165) is 31.6 Å². The van der Waals surface area contributed by atoms with Crippen molar-refractivity contribution in [2.24, 2.45) is 0 Å². The molecule has 0 saturated carbocycles. The van der Waals surface area contributed by atoms with Gasteiger partial charge in [-0.05, 0) is 30.5 Å². The van der Waals surface area contributed by atoms with Gasteiger partial charge in [-0.3, -0.25) is 0 Å². The van der Waals surface area contributed by atoms with E-state index in [-0.39, 0.29) is 5.82 Å². The molecule has 88 valence electrons. The molecule has 4 heteroatoms. The zero-order valence-electron chi connectivity index (χ0n) is 9.01. The average molecular weight is 244 g/mol. The molecule has 1 aliphatic heterocycles. The van der Waals surface area contributed by atoms with Gasteiger partial charge in [-0.15, -0.1) is 0 Å². The van der Waals surface area contributed by atoms with E-state index in [1.54, 1.807) is 6.07 Å². The fraction of sp³-hybridized carbons (Fsp3) is 0.500. The van der Waals surface area contributed by atoms with Gasteiger partial charge in [-0.1, -0.05) is 17.7 Å². The molecule has 1 aliphatic rings. The molecule has 1 unspecified atom stereocenters. The van der Waals surface area contributed by atoms with E-state index in [0.29, 0.717) is 17.6 Å². The molecule has 1 atom stereocenters. The van der Waals surface area contributed by atoms with E-state index in [1.807, 2.05) is 0 Å². The van der Waals surface area contributed by atoms with Crippen LogP contribution in [0.15, 0.2) is 18.2 Å². The fourth-order valence-corrected chi connectivity index (χ4v) is 2.06. The van der Waals surface area contributed by atoms with E-state index in [9.17, 15) is 4.39 Å². The van der Waals surface area contributed by atoms with Gasteiger partial charge in [-0.2, -0.15) is 0 Å². The molecule has 16 heavy (non-hydrogen) atoms. The van der Waals surface area contributed by atoms with Gasteiger partial charge in [0, 0.05) is 24.2 Å². The van der Waals surface area contributed by atoms with E-state index in [1.165, 1.54) is 12.1 Å². The monoisotopic (exact) mass is 243 g/mol. The predicted octanol–water partition coefficient (Wildman–Crippen LogP) is 2.75. The average Bonchev–Trinajstić information content (AvgIpc) is 2.29. The Morgan fingerprint density at radius 3 is 3.06 bits per heavy atom. The molecule has 1 aromatic carbocycles. The zero-order chi connectivity index (χ0) is 11.4. The van der Waals surface area contributed by atoms with Crippen LogP contribution < -0.4 is 5.32 Å². The van der Waals surface area contributed by atoms with Gasteiger partial charge >= 0.3 is 0 Å². The van der Waals surface area contributed by atoms with Crippen molar-refractivity contribution in [3.05, 3.63) is 34.6 Å². The minimum atomic E-state index is -0.297. The number of hydrogen-bond donors (Lipinski definition) is 1. The second kappa shape index (κ2) is 5.62. The summed E-state index contributed by atoms with van der Waals surface area (Å²) in [6.07, 6.45) is 2.22. The number of ether oxygens (including phenoxy) is 1. The quantitative estimate of drug-likeness (QED) is 0.882.